The molecule has 0 unspecified atom stereocenters. The lowest BCUT2D eigenvalue weighted by Crippen LogP contribution is -2.42. The molecule has 2 N–H and O–H groups in total. The van der Waals surface area contributed by atoms with E-state index in [4.69, 9.17) is 19.0 Å². The fourth-order valence-corrected chi connectivity index (χ4v) is 4.46. The molecular weight excluding hydrogens is 469 g/mol. The second-order valence-corrected chi connectivity index (χ2v) is 8.48. The van der Waals surface area contributed by atoms with Crippen molar-refractivity contribution in [1.29, 1.82) is 0 Å². The Balaban J connectivity index is 1.40. The van der Waals surface area contributed by atoms with Crippen LogP contribution in [-0.2, 0) is 11.2 Å². The van der Waals surface area contributed by atoms with Gasteiger partial charge in [0.1, 0.15) is 11.5 Å². The van der Waals surface area contributed by atoms with Gasteiger partial charge in [-0.25, -0.2) is 9.18 Å². The molecule has 0 spiro atoms. The molecule has 2 aromatic carbocycles. The largest absolute Gasteiger partial charge is 0.493 e. The first kappa shape index (κ1) is 23.9. The van der Waals surface area contributed by atoms with Crippen LogP contribution < -0.4 is 24.9 Å². The van der Waals surface area contributed by atoms with Crippen LogP contribution >= 0.6 is 0 Å². The van der Waals surface area contributed by atoms with Crippen LogP contribution in [0.15, 0.2) is 36.4 Å². The Morgan fingerprint density at radius 1 is 1.14 bits per heavy atom. The molecule has 10 nitrogen and oxygen atoms in total. The van der Waals surface area contributed by atoms with Crippen molar-refractivity contribution in [2.24, 2.45) is 0 Å². The van der Waals surface area contributed by atoms with Crippen LogP contribution in [0.2, 0.25) is 0 Å². The molecule has 1 aromatic heterocycles. The van der Waals surface area contributed by atoms with Crippen LogP contribution in [0.5, 0.6) is 11.5 Å². The topological polar surface area (TPSA) is 99.1 Å². The van der Waals surface area contributed by atoms with Crippen molar-refractivity contribution in [2.45, 2.75) is 6.42 Å². The number of anilines is 2. The van der Waals surface area contributed by atoms with Gasteiger partial charge >= 0.3 is 6.09 Å². The van der Waals surface area contributed by atoms with E-state index < -0.39 is 6.09 Å². The molecule has 1 amide bonds. The van der Waals surface area contributed by atoms with E-state index in [2.05, 4.69) is 20.6 Å². The normalized spacial score (nSPS) is 14.6. The minimum absolute atomic E-state index is 0.371. The van der Waals surface area contributed by atoms with Gasteiger partial charge in [0.2, 0.25) is 0 Å². The lowest BCUT2D eigenvalue weighted by Gasteiger charge is -2.26. The van der Waals surface area contributed by atoms with E-state index in [9.17, 15) is 9.18 Å². The Kier molecular flexibility index (Phi) is 6.92. The summed E-state index contributed by atoms with van der Waals surface area (Å²) >= 11 is 0. The molecule has 0 bridgehead atoms. The van der Waals surface area contributed by atoms with E-state index in [1.54, 1.807) is 26.4 Å². The number of rotatable bonds is 8. The Morgan fingerprint density at radius 2 is 1.92 bits per heavy atom. The highest BCUT2D eigenvalue weighted by Gasteiger charge is 2.31. The number of nitrogens with zero attached hydrogens (tertiary/aromatic N) is 3. The van der Waals surface area contributed by atoms with Crippen LogP contribution in [0, 0.1) is 5.82 Å². The number of aromatic nitrogens is 2. The molecule has 11 heteroatoms. The average molecular weight is 498 g/mol. The zero-order valence-electron chi connectivity index (χ0n) is 20.2. The molecule has 3 aromatic rings. The molecule has 1 aliphatic heterocycles. The summed E-state index contributed by atoms with van der Waals surface area (Å²) in [5.41, 5.74) is 3.73. The highest BCUT2D eigenvalue weighted by molar-refractivity contribution is 5.82. The van der Waals surface area contributed by atoms with Gasteiger partial charge < -0.3 is 24.8 Å². The zero-order chi connectivity index (χ0) is 25.1. The standard InChI is InChI=1S/C25H28FN5O5/c1-33-21-13-16-12-20-23(19(16)15-22(21)34-2)31(29-24(20)28-18-5-3-4-17(26)14-18)36-25(32)27-6-7-30-8-10-35-11-9-30/h3-5,13-15H,6-12H2,1-2H3,(H,27,32)(H,28,29). The SMILES string of the molecule is COc1cc2c(cc1OC)-c1c(c(Nc3cccc(F)c3)nn1OC(=O)NCCN1CCOCC1)C2. The lowest BCUT2D eigenvalue weighted by molar-refractivity contribution is 0.0381. The minimum atomic E-state index is -0.625. The second-order valence-electron chi connectivity index (χ2n) is 8.48. The Morgan fingerprint density at radius 3 is 2.67 bits per heavy atom. The molecule has 5 rings (SSSR count). The van der Waals surface area contributed by atoms with E-state index in [0.717, 1.165) is 29.8 Å². The molecule has 0 atom stereocenters. The van der Waals surface area contributed by atoms with Crippen LogP contribution in [0.4, 0.5) is 20.7 Å². The molecule has 36 heavy (non-hydrogen) atoms. The maximum absolute atomic E-state index is 13.8. The van der Waals surface area contributed by atoms with Crippen molar-refractivity contribution in [3.05, 3.63) is 53.3 Å². The van der Waals surface area contributed by atoms with E-state index in [-0.39, 0.29) is 5.82 Å². The summed E-state index contributed by atoms with van der Waals surface area (Å²) in [6, 6.07) is 9.82. The Hall–Kier alpha value is -3.83. The number of methoxy groups -OCH3 is 2. The van der Waals surface area contributed by atoms with Crippen LogP contribution in [-0.4, -0.2) is 74.5 Å². The quantitative estimate of drug-likeness (QED) is 0.384. The number of carbonyl (C=O) groups is 1. The van der Waals surface area contributed by atoms with Gasteiger partial charge in [0, 0.05) is 49.4 Å². The summed E-state index contributed by atoms with van der Waals surface area (Å²) in [6.07, 6.45) is -0.107. The molecule has 1 aliphatic carbocycles. The van der Waals surface area contributed by atoms with Gasteiger partial charge in [-0.2, -0.15) is 0 Å². The molecule has 1 saturated heterocycles. The van der Waals surface area contributed by atoms with Gasteiger partial charge in [0.15, 0.2) is 17.3 Å². The number of nitrogens with one attached hydrogen (secondary N) is 2. The molecule has 2 heterocycles. The number of benzene rings is 2. The van der Waals surface area contributed by atoms with E-state index >= 15 is 0 Å². The number of hydrogen-bond donors (Lipinski definition) is 2. The van der Waals surface area contributed by atoms with Crippen LogP contribution in [0.25, 0.3) is 11.3 Å². The first-order valence-electron chi connectivity index (χ1n) is 11.7. The third-order valence-corrected chi connectivity index (χ3v) is 6.24. The van der Waals surface area contributed by atoms with E-state index in [1.165, 1.54) is 17.0 Å². The fraction of sp³-hybridized carbons (Fsp3) is 0.360. The van der Waals surface area contributed by atoms with Gasteiger partial charge in [0.05, 0.1) is 27.4 Å². The van der Waals surface area contributed by atoms with Gasteiger partial charge in [-0.1, -0.05) is 10.9 Å². The first-order chi connectivity index (χ1) is 17.6. The summed E-state index contributed by atoms with van der Waals surface area (Å²) in [5, 5.41) is 10.4. The predicted molar refractivity (Wildman–Crippen MR) is 130 cm³/mol. The predicted octanol–water partition coefficient (Wildman–Crippen LogP) is 2.82. The number of amides is 1. The molecule has 190 valence electrons. The average Bonchev–Trinajstić information content (AvgIpc) is 3.41. The number of fused-ring (bicyclic) bond motifs is 3. The number of hydrogen-bond acceptors (Lipinski definition) is 8. The van der Waals surface area contributed by atoms with Gasteiger partial charge in [0.25, 0.3) is 0 Å². The Bertz CT molecular complexity index is 1260. The summed E-state index contributed by atoms with van der Waals surface area (Å²) < 4.78 is 30.1. The number of carbonyl (C=O) groups excluding carboxylic acids is 1. The third-order valence-electron chi connectivity index (χ3n) is 6.24. The number of ether oxygens (including phenoxy) is 3. The molecule has 2 aliphatic rings. The van der Waals surface area contributed by atoms with Crippen LogP contribution in [0.3, 0.4) is 0 Å². The van der Waals surface area contributed by atoms with Crippen LogP contribution in [0.1, 0.15) is 11.1 Å². The maximum atomic E-state index is 13.8. The van der Waals surface area contributed by atoms with E-state index in [0.29, 0.717) is 61.4 Å². The number of halogens is 1. The Labute approximate surface area is 207 Å². The van der Waals surface area contributed by atoms with Gasteiger partial charge in [-0.3, -0.25) is 9.74 Å². The van der Waals surface area contributed by atoms with Crippen molar-refractivity contribution in [3.63, 3.8) is 0 Å². The van der Waals surface area contributed by atoms with Gasteiger partial charge in [-0.15, -0.1) is 5.10 Å². The third kappa shape index (κ3) is 4.93. The highest BCUT2D eigenvalue weighted by atomic mass is 19.1. The smallest absolute Gasteiger partial charge is 0.433 e. The second kappa shape index (κ2) is 10.4. The summed E-state index contributed by atoms with van der Waals surface area (Å²) in [6.45, 7) is 4.18. The van der Waals surface area contributed by atoms with Crippen molar-refractivity contribution in [2.75, 3.05) is 58.9 Å². The minimum Gasteiger partial charge on any atom is -0.493 e. The summed E-state index contributed by atoms with van der Waals surface area (Å²) in [5.74, 6) is 1.24. The molecule has 1 fully saturated rings. The van der Waals surface area contributed by atoms with Crippen molar-refractivity contribution < 1.29 is 28.2 Å². The zero-order valence-corrected chi connectivity index (χ0v) is 20.2. The van der Waals surface area contributed by atoms with Gasteiger partial charge in [-0.05, 0) is 35.9 Å². The lowest BCUT2D eigenvalue weighted by atomic mass is 10.1. The molecular formula is C25H28FN5O5. The first-order valence-corrected chi connectivity index (χ1v) is 11.7. The van der Waals surface area contributed by atoms with Crippen molar-refractivity contribution in [1.82, 2.24) is 20.2 Å². The summed E-state index contributed by atoms with van der Waals surface area (Å²) in [4.78, 5) is 21.7. The van der Waals surface area contributed by atoms with E-state index in [1.807, 2.05) is 12.1 Å². The summed E-state index contributed by atoms with van der Waals surface area (Å²) in [7, 11) is 3.14. The fourth-order valence-electron chi connectivity index (χ4n) is 4.46. The molecule has 0 radical (unpaired) electrons. The highest BCUT2D eigenvalue weighted by Crippen LogP contribution is 2.45. The molecule has 0 saturated carbocycles. The monoisotopic (exact) mass is 497 g/mol. The van der Waals surface area contributed by atoms with Crippen molar-refractivity contribution in [3.8, 4) is 22.8 Å². The van der Waals surface area contributed by atoms with Crippen molar-refractivity contribution >= 4 is 17.6 Å². The maximum Gasteiger partial charge on any atom is 0.433 e. The number of morpholine rings is 1.